The maximum absolute atomic E-state index is 13.6. The first-order valence-electron chi connectivity index (χ1n) is 10.2. The molecule has 0 saturated carbocycles. The molecule has 0 spiro atoms. The number of carbonyl (C=O) groups excluding carboxylic acids is 1. The third-order valence-electron chi connectivity index (χ3n) is 5.79. The Kier molecular flexibility index (Phi) is 5.12. The van der Waals surface area contributed by atoms with Crippen LogP contribution in [0.15, 0.2) is 67.4 Å². The van der Waals surface area contributed by atoms with Gasteiger partial charge in [-0.25, -0.2) is 9.97 Å². The van der Waals surface area contributed by atoms with E-state index in [2.05, 4.69) is 20.2 Å². The van der Waals surface area contributed by atoms with E-state index in [1.807, 2.05) is 42.5 Å². The van der Waals surface area contributed by atoms with Gasteiger partial charge in [-0.15, -0.1) is 0 Å². The zero-order valence-electron chi connectivity index (χ0n) is 17.4. The van der Waals surface area contributed by atoms with Gasteiger partial charge in [-0.1, -0.05) is 12.1 Å². The van der Waals surface area contributed by atoms with Crippen LogP contribution in [-0.4, -0.2) is 49.8 Å². The number of hydrogen-bond acceptors (Lipinski definition) is 6. The predicted octanol–water partition coefficient (Wildman–Crippen LogP) is 3.23. The summed E-state index contributed by atoms with van der Waals surface area (Å²) in [5.41, 5.74) is 5.62. The maximum atomic E-state index is 13.6. The van der Waals surface area contributed by atoms with Gasteiger partial charge in [0, 0.05) is 35.6 Å². The summed E-state index contributed by atoms with van der Waals surface area (Å²) in [6.45, 7) is 0.159. The third-order valence-corrected chi connectivity index (χ3v) is 5.79. The Morgan fingerprint density at radius 1 is 1.19 bits per heavy atom. The quantitative estimate of drug-likeness (QED) is 0.490. The van der Waals surface area contributed by atoms with Gasteiger partial charge in [0.1, 0.15) is 12.1 Å². The Bertz CT molecular complexity index is 1260. The van der Waals surface area contributed by atoms with E-state index in [0.29, 0.717) is 17.9 Å². The number of H-pyrrole nitrogens is 1. The fraction of sp³-hybridized carbons (Fsp3) is 0.167. The molecule has 2 N–H and O–H groups in total. The van der Waals surface area contributed by atoms with Crippen molar-refractivity contribution >= 4 is 5.91 Å². The molecule has 2 aromatic heterocycles. The van der Waals surface area contributed by atoms with Crippen LogP contribution < -0.4 is 4.74 Å². The molecule has 1 aliphatic heterocycles. The largest absolute Gasteiger partial charge is 0.497 e. The van der Waals surface area contributed by atoms with Crippen LogP contribution in [0.4, 0.5) is 0 Å². The van der Waals surface area contributed by atoms with E-state index in [9.17, 15) is 9.90 Å². The summed E-state index contributed by atoms with van der Waals surface area (Å²) in [4.78, 5) is 23.7. The van der Waals surface area contributed by atoms with E-state index in [-0.39, 0.29) is 12.5 Å². The van der Waals surface area contributed by atoms with E-state index in [0.717, 1.165) is 33.5 Å². The number of rotatable bonds is 6. The van der Waals surface area contributed by atoms with Crippen molar-refractivity contribution in [1.29, 1.82) is 0 Å². The lowest BCUT2D eigenvalue weighted by molar-refractivity contribution is 0.0615. The van der Waals surface area contributed by atoms with Crippen molar-refractivity contribution in [3.8, 4) is 28.1 Å². The molecule has 1 amide bonds. The van der Waals surface area contributed by atoms with Gasteiger partial charge in [-0.05, 0) is 47.0 Å². The normalized spacial score (nSPS) is 13.8. The topological polar surface area (TPSA) is 104 Å². The molecular formula is C24H21N5O3. The summed E-state index contributed by atoms with van der Waals surface area (Å²) in [5, 5.41) is 17.1. The van der Waals surface area contributed by atoms with Crippen LogP contribution in [0.25, 0.3) is 22.4 Å². The first kappa shape index (κ1) is 19.9. The number of aromatic amines is 1. The Balaban J connectivity index is 1.61. The van der Waals surface area contributed by atoms with Crippen molar-refractivity contribution in [2.45, 2.75) is 12.6 Å². The zero-order valence-corrected chi connectivity index (χ0v) is 17.4. The maximum Gasteiger partial charge on any atom is 0.255 e. The van der Waals surface area contributed by atoms with E-state index >= 15 is 0 Å². The highest BCUT2D eigenvalue weighted by atomic mass is 16.5. The number of carbonyl (C=O) groups is 1. The van der Waals surface area contributed by atoms with Gasteiger partial charge in [0.2, 0.25) is 0 Å². The Hall–Kier alpha value is -4.04. The average Bonchev–Trinajstić information content (AvgIpc) is 3.49. The van der Waals surface area contributed by atoms with E-state index < -0.39 is 6.04 Å². The van der Waals surface area contributed by atoms with Crippen LogP contribution in [-0.2, 0) is 6.54 Å². The van der Waals surface area contributed by atoms with Crippen molar-refractivity contribution in [3.05, 3.63) is 84.1 Å². The number of nitrogens with zero attached hydrogens (tertiary/aromatic N) is 4. The van der Waals surface area contributed by atoms with Gasteiger partial charge in [0.05, 0.1) is 31.6 Å². The minimum atomic E-state index is -0.499. The van der Waals surface area contributed by atoms with Crippen LogP contribution in [0, 0.1) is 0 Å². The van der Waals surface area contributed by atoms with Crippen LogP contribution >= 0.6 is 0 Å². The predicted molar refractivity (Wildman–Crippen MR) is 118 cm³/mol. The Morgan fingerprint density at radius 2 is 2.06 bits per heavy atom. The standard InChI is InChI=1S/C24H21N5O3/c1-32-18-4-2-3-15(7-18)23(13-30)29-12-21-19(22-5-6-25-14-26-22)8-16(9-20(21)24(29)31)17-10-27-28-11-17/h2-11,14,23,30H,12-13H2,1H3,(H,27,28). The summed E-state index contributed by atoms with van der Waals surface area (Å²) >= 11 is 0. The summed E-state index contributed by atoms with van der Waals surface area (Å²) in [6.07, 6.45) is 6.68. The number of methoxy groups -OCH3 is 1. The molecular weight excluding hydrogens is 406 g/mol. The first-order valence-corrected chi connectivity index (χ1v) is 10.2. The summed E-state index contributed by atoms with van der Waals surface area (Å²) in [6, 6.07) is 12.7. The van der Waals surface area contributed by atoms with Crippen LogP contribution in [0.2, 0.25) is 0 Å². The molecule has 1 aliphatic rings. The lowest BCUT2D eigenvalue weighted by atomic mass is 9.95. The fourth-order valence-corrected chi connectivity index (χ4v) is 4.17. The van der Waals surface area contributed by atoms with Crippen LogP contribution in [0.3, 0.4) is 0 Å². The number of hydrogen-bond donors (Lipinski definition) is 2. The second kappa shape index (κ2) is 8.24. The molecule has 0 radical (unpaired) electrons. The van der Waals surface area contributed by atoms with Crippen molar-refractivity contribution in [3.63, 3.8) is 0 Å². The number of ether oxygens (including phenoxy) is 1. The van der Waals surface area contributed by atoms with Gasteiger partial charge in [0.15, 0.2) is 0 Å². The minimum absolute atomic E-state index is 0.137. The number of aromatic nitrogens is 4. The van der Waals surface area contributed by atoms with Crippen LogP contribution in [0.1, 0.15) is 27.5 Å². The summed E-state index contributed by atoms with van der Waals surface area (Å²) in [7, 11) is 1.59. The fourth-order valence-electron chi connectivity index (χ4n) is 4.17. The molecule has 0 bridgehead atoms. The minimum Gasteiger partial charge on any atom is -0.497 e. The summed E-state index contributed by atoms with van der Waals surface area (Å²) < 4.78 is 5.33. The molecule has 1 unspecified atom stereocenters. The highest BCUT2D eigenvalue weighted by Gasteiger charge is 2.35. The average molecular weight is 427 g/mol. The lowest BCUT2D eigenvalue weighted by Crippen LogP contribution is -2.31. The molecule has 8 heteroatoms. The van der Waals surface area contributed by atoms with Crippen molar-refractivity contribution < 1.29 is 14.6 Å². The highest BCUT2D eigenvalue weighted by Crippen LogP contribution is 2.39. The van der Waals surface area contributed by atoms with Gasteiger partial charge < -0.3 is 14.7 Å². The molecule has 160 valence electrons. The van der Waals surface area contributed by atoms with Gasteiger partial charge >= 0.3 is 0 Å². The second-order valence-electron chi connectivity index (χ2n) is 7.54. The number of fused-ring (bicyclic) bond motifs is 1. The highest BCUT2D eigenvalue weighted by molar-refractivity contribution is 6.02. The van der Waals surface area contributed by atoms with Crippen LogP contribution in [0.5, 0.6) is 5.75 Å². The molecule has 8 nitrogen and oxygen atoms in total. The Labute approximate surface area is 184 Å². The lowest BCUT2D eigenvalue weighted by Gasteiger charge is -2.27. The number of nitrogens with one attached hydrogen (secondary N) is 1. The number of amides is 1. The third kappa shape index (κ3) is 3.40. The monoisotopic (exact) mass is 427 g/mol. The smallest absolute Gasteiger partial charge is 0.255 e. The molecule has 0 fully saturated rings. The molecule has 0 aliphatic carbocycles. The first-order chi connectivity index (χ1) is 15.7. The number of benzene rings is 2. The summed E-state index contributed by atoms with van der Waals surface area (Å²) in [5.74, 6) is 0.538. The molecule has 2 aromatic carbocycles. The zero-order chi connectivity index (χ0) is 22.1. The van der Waals surface area contributed by atoms with E-state index in [1.165, 1.54) is 6.33 Å². The molecule has 32 heavy (non-hydrogen) atoms. The molecule has 1 atom stereocenters. The van der Waals surface area contributed by atoms with Gasteiger partial charge in [-0.3, -0.25) is 9.89 Å². The van der Waals surface area contributed by atoms with E-state index in [4.69, 9.17) is 4.74 Å². The number of aliphatic hydroxyl groups is 1. The van der Waals surface area contributed by atoms with Crippen molar-refractivity contribution in [2.24, 2.45) is 0 Å². The van der Waals surface area contributed by atoms with Gasteiger partial charge in [0.25, 0.3) is 5.91 Å². The Morgan fingerprint density at radius 3 is 2.78 bits per heavy atom. The second-order valence-corrected chi connectivity index (χ2v) is 7.54. The van der Waals surface area contributed by atoms with Crippen molar-refractivity contribution in [1.82, 2.24) is 25.1 Å². The van der Waals surface area contributed by atoms with Gasteiger partial charge in [-0.2, -0.15) is 5.10 Å². The van der Waals surface area contributed by atoms with Crippen molar-refractivity contribution in [2.75, 3.05) is 13.7 Å². The molecule has 4 aromatic rings. The van der Waals surface area contributed by atoms with E-state index in [1.54, 1.807) is 30.6 Å². The molecule has 3 heterocycles. The number of aliphatic hydroxyl groups excluding tert-OH is 1. The SMILES string of the molecule is COc1cccc(C(CO)N2Cc3c(cc(-c4cn[nH]c4)cc3-c3ccncn3)C2=O)c1. The molecule has 5 rings (SSSR count). The molecule has 0 saturated heterocycles.